The van der Waals surface area contributed by atoms with Gasteiger partial charge in [-0.2, -0.15) is 0 Å². The topological polar surface area (TPSA) is 107 Å². The second kappa shape index (κ2) is 4.69. The lowest BCUT2D eigenvalue weighted by atomic mass is 10.2. The van der Waals surface area contributed by atoms with Gasteiger partial charge in [0.05, 0.1) is 16.4 Å². The number of nitrogens with zero attached hydrogens (tertiary/aromatic N) is 2. The molecule has 0 radical (unpaired) electrons. The van der Waals surface area contributed by atoms with Crippen molar-refractivity contribution in [3.05, 3.63) is 28.3 Å². The Hall–Kier alpha value is -1.83. The molecule has 0 aliphatic carbocycles. The van der Waals surface area contributed by atoms with E-state index in [9.17, 15) is 18.5 Å². The molecule has 1 saturated heterocycles. The van der Waals surface area contributed by atoms with Crippen LogP contribution in [0.15, 0.2) is 18.2 Å². The second-order valence-electron chi connectivity index (χ2n) is 4.71. The Morgan fingerprint density at radius 1 is 1.42 bits per heavy atom. The van der Waals surface area contributed by atoms with Crippen LogP contribution in [0.2, 0.25) is 0 Å². The minimum atomic E-state index is -2.99. The third kappa shape index (κ3) is 2.95. The van der Waals surface area contributed by atoms with Gasteiger partial charge in [0.2, 0.25) is 0 Å². The molecule has 1 aromatic rings. The van der Waals surface area contributed by atoms with Crippen molar-refractivity contribution in [2.45, 2.75) is 12.5 Å². The number of hydrogen-bond donors (Lipinski definition) is 1. The molecule has 0 spiro atoms. The summed E-state index contributed by atoms with van der Waals surface area (Å²) in [5.41, 5.74) is 6.40. The van der Waals surface area contributed by atoms with Crippen LogP contribution in [-0.4, -0.2) is 37.9 Å². The molecule has 2 rings (SSSR count). The molecule has 1 unspecified atom stereocenters. The molecule has 19 heavy (non-hydrogen) atoms. The molecule has 1 atom stereocenters. The summed E-state index contributed by atoms with van der Waals surface area (Å²) in [5, 5.41) is 10.8. The zero-order valence-corrected chi connectivity index (χ0v) is 11.3. The molecular weight excluding hydrogens is 270 g/mol. The summed E-state index contributed by atoms with van der Waals surface area (Å²) in [6.45, 7) is 0. The zero-order valence-electron chi connectivity index (χ0n) is 10.4. The quantitative estimate of drug-likeness (QED) is 0.500. The largest absolute Gasteiger partial charge is 0.398 e. The Balaban J connectivity index is 2.29. The number of sulfone groups is 1. The Labute approximate surface area is 111 Å². The fraction of sp³-hybridized carbons (Fsp3) is 0.455. The van der Waals surface area contributed by atoms with Crippen LogP contribution in [0.5, 0.6) is 0 Å². The highest BCUT2D eigenvalue weighted by molar-refractivity contribution is 7.91. The van der Waals surface area contributed by atoms with E-state index in [-0.39, 0.29) is 28.9 Å². The number of anilines is 2. The van der Waals surface area contributed by atoms with E-state index in [1.807, 2.05) is 0 Å². The minimum absolute atomic E-state index is 0.0755. The van der Waals surface area contributed by atoms with Gasteiger partial charge in [-0.15, -0.1) is 0 Å². The third-order valence-electron chi connectivity index (χ3n) is 3.30. The number of benzene rings is 1. The van der Waals surface area contributed by atoms with Crippen LogP contribution in [0.3, 0.4) is 0 Å². The zero-order chi connectivity index (χ0) is 14.2. The predicted molar refractivity (Wildman–Crippen MR) is 73.0 cm³/mol. The van der Waals surface area contributed by atoms with Gasteiger partial charge in [0.1, 0.15) is 0 Å². The number of rotatable bonds is 3. The van der Waals surface area contributed by atoms with Crippen LogP contribution in [0.25, 0.3) is 0 Å². The van der Waals surface area contributed by atoms with E-state index in [0.29, 0.717) is 12.1 Å². The Kier molecular flexibility index (Phi) is 3.36. The van der Waals surface area contributed by atoms with E-state index < -0.39 is 14.8 Å². The van der Waals surface area contributed by atoms with Crippen molar-refractivity contribution in [1.82, 2.24) is 0 Å². The average molecular weight is 285 g/mol. The summed E-state index contributed by atoms with van der Waals surface area (Å²) in [4.78, 5) is 12.0. The smallest absolute Gasteiger partial charge is 0.273 e. The average Bonchev–Trinajstić information content (AvgIpc) is 2.68. The predicted octanol–water partition coefficient (Wildman–Crippen LogP) is 0.800. The Morgan fingerprint density at radius 3 is 2.63 bits per heavy atom. The summed E-state index contributed by atoms with van der Waals surface area (Å²) >= 11 is 0. The fourth-order valence-electron chi connectivity index (χ4n) is 2.22. The maximum absolute atomic E-state index is 11.5. The van der Waals surface area contributed by atoms with E-state index in [2.05, 4.69) is 0 Å². The first kappa shape index (κ1) is 13.6. The van der Waals surface area contributed by atoms with E-state index in [4.69, 9.17) is 5.73 Å². The molecule has 0 saturated carbocycles. The van der Waals surface area contributed by atoms with Crippen molar-refractivity contribution in [3.8, 4) is 0 Å². The maximum atomic E-state index is 11.5. The molecule has 0 amide bonds. The van der Waals surface area contributed by atoms with Crippen LogP contribution < -0.4 is 10.6 Å². The van der Waals surface area contributed by atoms with Crippen LogP contribution in [-0.2, 0) is 9.84 Å². The van der Waals surface area contributed by atoms with E-state index in [0.717, 1.165) is 0 Å². The first-order valence-corrected chi connectivity index (χ1v) is 7.59. The van der Waals surface area contributed by atoms with Crippen molar-refractivity contribution < 1.29 is 13.3 Å². The summed E-state index contributed by atoms with van der Waals surface area (Å²) < 4.78 is 22.9. The van der Waals surface area contributed by atoms with Crippen LogP contribution >= 0.6 is 0 Å². The fourth-order valence-corrected chi connectivity index (χ4v) is 3.99. The highest BCUT2D eigenvalue weighted by Crippen LogP contribution is 2.28. The lowest BCUT2D eigenvalue weighted by molar-refractivity contribution is -0.384. The molecule has 7 nitrogen and oxygen atoms in total. The summed E-state index contributed by atoms with van der Waals surface area (Å²) in [6.07, 6.45) is 0.529. The van der Waals surface area contributed by atoms with E-state index in [1.54, 1.807) is 18.0 Å². The minimum Gasteiger partial charge on any atom is -0.398 e. The van der Waals surface area contributed by atoms with Gasteiger partial charge in [-0.1, -0.05) is 0 Å². The first-order chi connectivity index (χ1) is 8.78. The monoisotopic (exact) mass is 285 g/mol. The molecular formula is C11H15N3O4S. The highest BCUT2D eigenvalue weighted by Gasteiger charge is 2.31. The van der Waals surface area contributed by atoms with Crippen molar-refractivity contribution in [2.75, 3.05) is 29.2 Å². The summed E-state index contributed by atoms with van der Waals surface area (Å²) in [6, 6.07) is 4.13. The third-order valence-corrected chi connectivity index (χ3v) is 5.05. The molecule has 1 fully saturated rings. The van der Waals surface area contributed by atoms with Gasteiger partial charge in [0, 0.05) is 36.6 Å². The second-order valence-corrected chi connectivity index (χ2v) is 6.94. The van der Waals surface area contributed by atoms with E-state index in [1.165, 1.54) is 12.1 Å². The molecule has 1 aliphatic rings. The molecule has 8 heteroatoms. The SMILES string of the molecule is CN(c1cc(N)cc([N+](=O)[O-])c1)C1CCS(=O)(=O)C1. The van der Waals surface area contributed by atoms with Crippen LogP contribution in [0.1, 0.15) is 6.42 Å². The molecule has 0 aromatic heterocycles. The van der Waals surface area contributed by atoms with Crippen molar-refractivity contribution in [2.24, 2.45) is 0 Å². The van der Waals surface area contributed by atoms with Gasteiger partial charge in [-0.3, -0.25) is 10.1 Å². The lowest BCUT2D eigenvalue weighted by Crippen LogP contribution is -2.32. The standard InChI is InChI=1S/C11H15N3O4S/c1-13(9-2-3-19(17,18)7-9)10-4-8(12)5-11(6-10)14(15)16/h4-6,9H,2-3,7,12H2,1H3. The summed E-state index contributed by atoms with van der Waals surface area (Å²) in [7, 11) is -1.27. The molecule has 1 heterocycles. The van der Waals surface area contributed by atoms with E-state index >= 15 is 0 Å². The van der Waals surface area contributed by atoms with Gasteiger partial charge >= 0.3 is 0 Å². The normalized spacial score (nSPS) is 21.2. The Bertz CT molecular complexity index is 614. The van der Waals surface area contributed by atoms with Crippen molar-refractivity contribution in [1.29, 1.82) is 0 Å². The molecule has 2 N–H and O–H groups in total. The number of nitro benzene ring substituents is 1. The van der Waals surface area contributed by atoms with Crippen LogP contribution in [0.4, 0.5) is 17.1 Å². The Morgan fingerprint density at radius 2 is 2.11 bits per heavy atom. The molecule has 1 aliphatic heterocycles. The lowest BCUT2D eigenvalue weighted by Gasteiger charge is -2.25. The van der Waals surface area contributed by atoms with Gasteiger partial charge in [-0.25, -0.2) is 8.42 Å². The number of nitro groups is 1. The molecule has 0 bridgehead atoms. The van der Waals surface area contributed by atoms with Crippen LogP contribution in [0, 0.1) is 10.1 Å². The van der Waals surface area contributed by atoms with Crippen molar-refractivity contribution >= 4 is 26.9 Å². The molecule has 1 aromatic carbocycles. The molecule has 104 valence electrons. The number of nitrogen functional groups attached to an aromatic ring is 1. The van der Waals surface area contributed by atoms with Gasteiger partial charge in [0.15, 0.2) is 9.84 Å². The van der Waals surface area contributed by atoms with Gasteiger partial charge in [-0.05, 0) is 12.5 Å². The van der Waals surface area contributed by atoms with Gasteiger partial charge in [0.25, 0.3) is 5.69 Å². The van der Waals surface area contributed by atoms with Gasteiger partial charge < -0.3 is 10.6 Å². The maximum Gasteiger partial charge on any atom is 0.273 e. The number of nitrogens with two attached hydrogens (primary N) is 1. The summed E-state index contributed by atoms with van der Waals surface area (Å²) in [5.74, 6) is 0.235. The number of hydrogen-bond acceptors (Lipinski definition) is 6. The highest BCUT2D eigenvalue weighted by atomic mass is 32.2. The van der Waals surface area contributed by atoms with Crippen molar-refractivity contribution in [3.63, 3.8) is 0 Å². The first-order valence-electron chi connectivity index (χ1n) is 5.77. The number of non-ortho nitro benzene ring substituents is 1.